The fourth-order valence-corrected chi connectivity index (χ4v) is 5.22. The molecule has 0 unspecified atom stereocenters. The maximum atomic E-state index is 13.1. The van der Waals surface area contributed by atoms with Gasteiger partial charge in [0.1, 0.15) is 5.82 Å². The van der Waals surface area contributed by atoms with Crippen molar-refractivity contribution in [1.29, 1.82) is 0 Å². The number of carbonyl (C=O) groups excluding carboxylic acids is 1. The van der Waals surface area contributed by atoms with Gasteiger partial charge in [0, 0.05) is 29.5 Å². The van der Waals surface area contributed by atoms with E-state index in [0.717, 1.165) is 34.7 Å². The summed E-state index contributed by atoms with van der Waals surface area (Å²) >= 11 is 2.78. The number of nitrogens with zero attached hydrogens (tertiary/aromatic N) is 3. The number of benzene rings is 1. The number of aryl methyl sites for hydroxylation is 1. The summed E-state index contributed by atoms with van der Waals surface area (Å²) in [6.45, 7) is 0. The highest BCUT2D eigenvalue weighted by molar-refractivity contribution is 8.00. The summed E-state index contributed by atoms with van der Waals surface area (Å²) in [5.41, 5.74) is 3.29. The minimum absolute atomic E-state index is 0.0805. The van der Waals surface area contributed by atoms with E-state index < -0.39 is 0 Å². The molecule has 3 aromatic heterocycles. The van der Waals surface area contributed by atoms with Gasteiger partial charge in [0.15, 0.2) is 5.16 Å². The van der Waals surface area contributed by atoms with Gasteiger partial charge in [-0.05, 0) is 30.3 Å². The second-order valence-corrected chi connectivity index (χ2v) is 9.07. The Morgan fingerprint density at radius 2 is 2.03 bits per heavy atom. The number of amides is 1. The first-order valence-corrected chi connectivity index (χ1v) is 11.9. The van der Waals surface area contributed by atoms with Crippen molar-refractivity contribution < 1.29 is 9.21 Å². The molecule has 4 aromatic rings. The van der Waals surface area contributed by atoms with Crippen LogP contribution < -0.4 is 10.9 Å². The maximum absolute atomic E-state index is 13.1. The van der Waals surface area contributed by atoms with Crippen molar-refractivity contribution in [3.8, 4) is 16.8 Å². The third-order valence-electron chi connectivity index (χ3n) is 4.90. The minimum atomic E-state index is -0.220. The lowest BCUT2D eigenvalue weighted by Gasteiger charge is -2.13. The first kappa shape index (κ1) is 20.6. The van der Waals surface area contributed by atoms with E-state index in [1.807, 2.05) is 42.5 Å². The van der Waals surface area contributed by atoms with Crippen LogP contribution in [0.4, 0.5) is 5.82 Å². The number of thioether (sulfide) groups is 2. The zero-order chi connectivity index (χ0) is 21.9. The van der Waals surface area contributed by atoms with Crippen LogP contribution in [-0.2, 0) is 11.2 Å². The molecule has 0 atom stereocenters. The van der Waals surface area contributed by atoms with Gasteiger partial charge in [0.2, 0.25) is 5.91 Å². The van der Waals surface area contributed by atoms with E-state index in [4.69, 9.17) is 9.40 Å². The SMILES string of the molecule is O=C(CSc1nc2c(c(=O)n1-c1ccccc1)SCC2)Nc1ccc(-c2ccoc2)cn1. The number of nitrogens with one attached hydrogen (secondary N) is 1. The Morgan fingerprint density at radius 3 is 2.78 bits per heavy atom. The molecule has 0 bridgehead atoms. The van der Waals surface area contributed by atoms with Crippen molar-refractivity contribution in [3.05, 3.63) is 83.3 Å². The van der Waals surface area contributed by atoms with Gasteiger partial charge in [-0.25, -0.2) is 9.97 Å². The molecule has 0 saturated heterocycles. The number of carbonyl (C=O) groups is 1. The molecule has 0 saturated carbocycles. The molecule has 7 nitrogen and oxygen atoms in total. The Hall–Kier alpha value is -3.30. The number of para-hydroxylation sites is 1. The molecule has 1 amide bonds. The van der Waals surface area contributed by atoms with Crippen LogP contribution in [0.1, 0.15) is 5.69 Å². The Morgan fingerprint density at radius 1 is 1.16 bits per heavy atom. The smallest absolute Gasteiger partial charge is 0.272 e. The fraction of sp³-hybridized carbons (Fsp3) is 0.130. The first-order chi connectivity index (χ1) is 15.7. The molecule has 1 aliphatic heterocycles. The fourth-order valence-electron chi connectivity index (χ4n) is 3.37. The van der Waals surface area contributed by atoms with Gasteiger partial charge >= 0.3 is 0 Å². The van der Waals surface area contributed by atoms with Gasteiger partial charge < -0.3 is 9.73 Å². The predicted molar refractivity (Wildman–Crippen MR) is 126 cm³/mol. The normalized spacial score (nSPS) is 12.5. The minimum Gasteiger partial charge on any atom is -0.472 e. The van der Waals surface area contributed by atoms with E-state index in [2.05, 4.69) is 10.3 Å². The Bertz CT molecular complexity index is 1300. The average Bonchev–Trinajstić information content (AvgIpc) is 3.51. The summed E-state index contributed by atoms with van der Waals surface area (Å²) in [6, 6.07) is 14.8. The highest BCUT2D eigenvalue weighted by atomic mass is 32.2. The van der Waals surface area contributed by atoms with E-state index in [0.29, 0.717) is 15.9 Å². The number of pyridine rings is 1. The summed E-state index contributed by atoms with van der Waals surface area (Å²) in [6.07, 6.45) is 5.68. The molecule has 0 aliphatic carbocycles. The lowest BCUT2D eigenvalue weighted by Crippen LogP contribution is -2.24. The van der Waals surface area contributed by atoms with Crippen molar-refractivity contribution in [2.24, 2.45) is 0 Å². The van der Waals surface area contributed by atoms with Crippen molar-refractivity contribution in [2.75, 3.05) is 16.8 Å². The van der Waals surface area contributed by atoms with Gasteiger partial charge in [-0.15, -0.1) is 11.8 Å². The molecule has 1 aromatic carbocycles. The molecule has 32 heavy (non-hydrogen) atoms. The van der Waals surface area contributed by atoms with Gasteiger partial charge in [-0.3, -0.25) is 14.2 Å². The number of aromatic nitrogens is 3. The molecule has 4 heterocycles. The van der Waals surface area contributed by atoms with Crippen LogP contribution >= 0.6 is 23.5 Å². The first-order valence-electron chi connectivity index (χ1n) is 9.94. The number of furan rings is 1. The molecular formula is C23H18N4O3S2. The number of anilines is 1. The Balaban J connectivity index is 1.33. The van der Waals surface area contributed by atoms with Crippen molar-refractivity contribution >= 4 is 35.2 Å². The summed E-state index contributed by atoms with van der Waals surface area (Å²) in [5.74, 6) is 1.20. The summed E-state index contributed by atoms with van der Waals surface area (Å²) < 4.78 is 6.67. The van der Waals surface area contributed by atoms with Crippen LogP contribution in [-0.4, -0.2) is 31.9 Å². The monoisotopic (exact) mass is 462 g/mol. The van der Waals surface area contributed by atoms with Crippen molar-refractivity contribution in [3.63, 3.8) is 0 Å². The third kappa shape index (κ3) is 4.21. The molecule has 1 aliphatic rings. The van der Waals surface area contributed by atoms with Gasteiger partial charge in [0.25, 0.3) is 5.56 Å². The third-order valence-corrected chi connectivity index (χ3v) is 6.94. The number of hydrogen-bond donors (Lipinski definition) is 1. The zero-order valence-corrected chi connectivity index (χ0v) is 18.5. The molecule has 9 heteroatoms. The number of fused-ring (bicyclic) bond motifs is 1. The van der Waals surface area contributed by atoms with E-state index in [1.54, 1.807) is 29.4 Å². The van der Waals surface area contributed by atoms with E-state index in [9.17, 15) is 9.59 Å². The van der Waals surface area contributed by atoms with E-state index in [-0.39, 0.29) is 17.2 Å². The van der Waals surface area contributed by atoms with Gasteiger partial charge in [0.05, 0.1) is 34.6 Å². The Labute approximate surface area is 192 Å². The van der Waals surface area contributed by atoms with Crippen LogP contribution in [0.2, 0.25) is 0 Å². The summed E-state index contributed by atoms with van der Waals surface area (Å²) in [4.78, 5) is 35.4. The molecule has 5 rings (SSSR count). The topological polar surface area (TPSA) is 90.0 Å². The van der Waals surface area contributed by atoms with Gasteiger partial charge in [-0.1, -0.05) is 30.0 Å². The van der Waals surface area contributed by atoms with Crippen LogP contribution in [0.3, 0.4) is 0 Å². The van der Waals surface area contributed by atoms with E-state index >= 15 is 0 Å². The highest BCUT2D eigenvalue weighted by Gasteiger charge is 2.23. The highest BCUT2D eigenvalue weighted by Crippen LogP contribution is 2.30. The second-order valence-electron chi connectivity index (χ2n) is 7.03. The number of rotatable bonds is 6. The number of hydrogen-bond acceptors (Lipinski definition) is 7. The van der Waals surface area contributed by atoms with Crippen LogP contribution in [0, 0.1) is 0 Å². The molecule has 160 valence electrons. The maximum Gasteiger partial charge on any atom is 0.272 e. The quantitative estimate of drug-likeness (QED) is 0.338. The molecule has 0 fully saturated rings. The van der Waals surface area contributed by atoms with Gasteiger partial charge in [-0.2, -0.15) is 0 Å². The standard InChI is InChI=1S/C23H18N4O3S2/c28-20(26-19-7-6-15(12-24-19)16-8-10-30-13-16)14-32-23-25-18-9-11-31-21(18)22(29)27(23)17-4-2-1-3-5-17/h1-8,10,12-13H,9,11,14H2,(H,24,26,28). The summed E-state index contributed by atoms with van der Waals surface area (Å²) in [5, 5.41) is 3.31. The van der Waals surface area contributed by atoms with Crippen molar-refractivity contribution in [1.82, 2.24) is 14.5 Å². The van der Waals surface area contributed by atoms with E-state index in [1.165, 1.54) is 23.5 Å². The molecule has 1 N–H and O–H groups in total. The largest absolute Gasteiger partial charge is 0.472 e. The summed E-state index contributed by atoms with van der Waals surface area (Å²) in [7, 11) is 0. The van der Waals surface area contributed by atoms with Crippen molar-refractivity contribution in [2.45, 2.75) is 16.5 Å². The lowest BCUT2D eigenvalue weighted by molar-refractivity contribution is -0.113. The second kappa shape index (κ2) is 9.05. The van der Waals surface area contributed by atoms with Crippen LogP contribution in [0.25, 0.3) is 16.8 Å². The average molecular weight is 463 g/mol. The van der Waals surface area contributed by atoms with Crippen LogP contribution in [0.15, 0.2) is 86.5 Å². The Kier molecular flexibility index (Phi) is 5.83. The predicted octanol–water partition coefficient (Wildman–Crippen LogP) is 4.27. The molecule has 0 spiro atoms. The zero-order valence-electron chi connectivity index (χ0n) is 16.9. The molecular weight excluding hydrogens is 444 g/mol. The lowest BCUT2D eigenvalue weighted by atomic mass is 10.1. The molecule has 0 radical (unpaired) electrons. The van der Waals surface area contributed by atoms with Crippen LogP contribution in [0.5, 0.6) is 0 Å².